The maximum atomic E-state index is 12.8. The van der Waals surface area contributed by atoms with Crippen molar-refractivity contribution in [1.29, 1.82) is 0 Å². The molecule has 1 aliphatic rings. The summed E-state index contributed by atoms with van der Waals surface area (Å²) in [7, 11) is 0. The number of fused-ring (bicyclic) bond motifs is 1. The van der Waals surface area contributed by atoms with E-state index in [2.05, 4.69) is 19.2 Å². The minimum atomic E-state index is -0.571. The summed E-state index contributed by atoms with van der Waals surface area (Å²) in [5.74, 6) is 1.50. The van der Waals surface area contributed by atoms with Crippen LogP contribution in [0, 0.1) is 6.92 Å². The van der Waals surface area contributed by atoms with Crippen molar-refractivity contribution in [1.82, 2.24) is 5.32 Å². The molecule has 144 valence electrons. The van der Waals surface area contributed by atoms with Crippen LogP contribution >= 0.6 is 0 Å². The predicted molar refractivity (Wildman–Crippen MR) is 107 cm³/mol. The first-order valence-electron chi connectivity index (χ1n) is 9.78. The Labute approximate surface area is 161 Å². The number of ether oxygens (including phenoxy) is 2. The molecule has 1 amide bonds. The van der Waals surface area contributed by atoms with E-state index in [1.165, 1.54) is 0 Å². The standard InChI is InChI=1S/C23H29NO3/c1-5-23(6-2)15-19(18-12-8-10-14-21(18)27-23)24-22(25)17(4)26-20-13-9-7-11-16(20)3/h7-14,17,19H,5-6,15H2,1-4H3,(H,24,25)/t17-,19-/m0/s1. The highest BCUT2D eigenvalue weighted by atomic mass is 16.5. The molecule has 2 aromatic carbocycles. The van der Waals surface area contributed by atoms with Crippen molar-refractivity contribution in [3.63, 3.8) is 0 Å². The highest BCUT2D eigenvalue weighted by Gasteiger charge is 2.39. The molecular formula is C23H29NO3. The fraction of sp³-hybridized carbons (Fsp3) is 0.435. The summed E-state index contributed by atoms with van der Waals surface area (Å²) in [6.07, 6.45) is 2.00. The number of rotatable bonds is 6. The van der Waals surface area contributed by atoms with Crippen LogP contribution in [0.4, 0.5) is 0 Å². The summed E-state index contributed by atoms with van der Waals surface area (Å²) < 4.78 is 12.2. The van der Waals surface area contributed by atoms with Crippen molar-refractivity contribution >= 4 is 5.91 Å². The lowest BCUT2D eigenvalue weighted by Crippen LogP contribution is -2.47. The molecule has 0 unspecified atom stereocenters. The molecule has 27 heavy (non-hydrogen) atoms. The van der Waals surface area contributed by atoms with Crippen LogP contribution in [0.5, 0.6) is 11.5 Å². The third-order valence-electron chi connectivity index (χ3n) is 5.57. The van der Waals surface area contributed by atoms with E-state index in [4.69, 9.17) is 9.47 Å². The molecule has 0 radical (unpaired) electrons. The maximum Gasteiger partial charge on any atom is 0.261 e. The molecule has 0 bridgehead atoms. The summed E-state index contributed by atoms with van der Waals surface area (Å²) in [4.78, 5) is 12.8. The maximum absolute atomic E-state index is 12.8. The molecule has 4 nitrogen and oxygen atoms in total. The molecule has 2 atom stereocenters. The van der Waals surface area contributed by atoms with E-state index in [9.17, 15) is 4.79 Å². The predicted octanol–water partition coefficient (Wildman–Crippen LogP) is 4.96. The van der Waals surface area contributed by atoms with Gasteiger partial charge in [-0.15, -0.1) is 0 Å². The Morgan fingerprint density at radius 1 is 1.19 bits per heavy atom. The van der Waals surface area contributed by atoms with Gasteiger partial charge in [0, 0.05) is 12.0 Å². The Bertz CT molecular complexity index is 798. The largest absolute Gasteiger partial charge is 0.487 e. The van der Waals surface area contributed by atoms with Gasteiger partial charge in [-0.05, 0) is 44.4 Å². The summed E-state index contributed by atoms with van der Waals surface area (Å²) in [6, 6.07) is 15.6. The lowest BCUT2D eigenvalue weighted by Gasteiger charge is -2.41. The summed E-state index contributed by atoms with van der Waals surface area (Å²) in [5.41, 5.74) is 1.81. The number of para-hydroxylation sites is 2. The van der Waals surface area contributed by atoms with E-state index in [-0.39, 0.29) is 17.6 Å². The van der Waals surface area contributed by atoms with Gasteiger partial charge < -0.3 is 14.8 Å². The van der Waals surface area contributed by atoms with Gasteiger partial charge in [-0.25, -0.2) is 0 Å². The third kappa shape index (κ3) is 4.10. The molecular weight excluding hydrogens is 338 g/mol. The Kier molecular flexibility index (Phi) is 5.73. The van der Waals surface area contributed by atoms with Gasteiger partial charge >= 0.3 is 0 Å². The molecule has 0 aromatic heterocycles. The zero-order valence-electron chi connectivity index (χ0n) is 16.6. The molecule has 0 spiro atoms. The van der Waals surface area contributed by atoms with E-state index in [1.54, 1.807) is 6.92 Å². The Morgan fingerprint density at radius 2 is 1.85 bits per heavy atom. The normalized spacial score (nSPS) is 18.7. The van der Waals surface area contributed by atoms with Gasteiger partial charge in [-0.2, -0.15) is 0 Å². The van der Waals surface area contributed by atoms with Crippen LogP contribution in [0.3, 0.4) is 0 Å². The first-order valence-corrected chi connectivity index (χ1v) is 9.78. The number of carbonyl (C=O) groups is 1. The average Bonchev–Trinajstić information content (AvgIpc) is 2.69. The second kappa shape index (κ2) is 8.03. The average molecular weight is 367 g/mol. The molecule has 1 N–H and O–H groups in total. The van der Waals surface area contributed by atoms with Crippen LogP contribution in [0.15, 0.2) is 48.5 Å². The number of hydrogen-bond donors (Lipinski definition) is 1. The molecule has 4 heteroatoms. The monoisotopic (exact) mass is 367 g/mol. The van der Waals surface area contributed by atoms with Crippen molar-refractivity contribution < 1.29 is 14.3 Å². The van der Waals surface area contributed by atoms with Crippen LogP contribution < -0.4 is 14.8 Å². The van der Waals surface area contributed by atoms with E-state index in [0.29, 0.717) is 0 Å². The van der Waals surface area contributed by atoms with E-state index < -0.39 is 6.10 Å². The number of hydrogen-bond acceptors (Lipinski definition) is 3. The summed E-state index contributed by atoms with van der Waals surface area (Å²) >= 11 is 0. The quantitative estimate of drug-likeness (QED) is 0.785. The van der Waals surface area contributed by atoms with Gasteiger partial charge in [0.2, 0.25) is 0 Å². The van der Waals surface area contributed by atoms with Crippen molar-refractivity contribution in [2.75, 3.05) is 0 Å². The first kappa shape index (κ1) is 19.3. The second-order valence-corrected chi connectivity index (χ2v) is 7.32. The molecule has 1 heterocycles. The van der Waals surface area contributed by atoms with E-state index >= 15 is 0 Å². The zero-order chi connectivity index (χ0) is 19.4. The van der Waals surface area contributed by atoms with Gasteiger partial charge in [0.25, 0.3) is 5.91 Å². The molecule has 2 aromatic rings. The number of amides is 1. The molecule has 0 aliphatic carbocycles. The Morgan fingerprint density at radius 3 is 2.56 bits per heavy atom. The summed E-state index contributed by atoms with van der Waals surface area (Å²) in [6.45, 7) is 8.05. The van der Waals surface area contributed by atoms with Crippen molar-refractivity contribution in [3.8, 4) is 11.5 Å². The van der Waals surface area contributed by atoms with Crippen molar-refractivity contribution in [2.45, 2.75) is 64.7 Å². The highest BCUT2D eigenvalue weighted by molar-refractivity contribution is 5.81. The molecule has 0 saturated carbocycles. The van der Waals surface area contributed by atoms with Crippen LogP contribution in [-0.4, -0.2) is 17.6 Å². The van der Waals surface area contributed by atoms with Crippen LogP contribution in [0.25, 0.3) is 0 Å². The number of benzene rings is 2. The Hall–Kier alpha value is -2.49. The van der Waals surface area contributed by atoms with Crippen LogP contribution in [0.2, 0.25) is 0 Å². The van der Waals surface area contributed by atoms with Crippen LogP contribution in [0.1, 0.15) is 57.2 Å². The molecule has 0 saturated heterocycles. The third-order valence-corrected chi connectivity index (χ3v) is 5.57. The SMILES string of the molecule is CCC1(CC)C[C@H](NC(=O)[C@H](C)Oc2ccccc2C)c2ccccc2O1. The van der Waals surface area contributed by atoms with Crippen LogP contribution in [-0.2, 0) is 4.79 Å². The highest BCUT2D eigenvalue weighted by Crippen LogP contribution is 2.42. The molecule has 3 rings (SSSR count). The Balaban J connectivity index is 1.77. The van der Waals surface area contributed by atoms with Gasteiger partial charge in [-0.1, -0.05) is 50.2 Å². The lowest BCUT2D eigenvalue weighted by molar-refractivity contribution is -0.128. The fourth-order valence-electron chi connectivity index (χ4n) is 3.65. The minimum absolute atomic E-state index is 0.0785. The number of aryl methyl sites for hydroxylation is 1. The van der Waals surface area contributed by atoms with Gasteiger partial charge in [-0.3, -0.25) is 4.79 Å². The van der Waals surface area contributed by atoms with E-state index in [0.717, 1.165) is 41.9 Å². The van der Waals surface area contributed by atoms with Gasteiger partial charge in [0.05, 0.1) is 6.04 Å². The zero-order valence-corrected chi connectivity index (χ0v) is 16.6. The number of carbonyl (C=O) groups excluding carboxylic acids is 1. The van der Waals surface area contributed by atoms with Crippen molar-refractivity contribution in [2.24, 2.45) is 0 Å². The topological polar surface area (TPSA) is 47.6 Å². The first-order chi connectivity index (χ1) is 13.0. The van der Waals surface area contributed by atoms with Crippen molar-refractivity contribution in [3.05, 3.63) is 59.7 Å². The summed E-state index contributed by atoms with van der Waals surface area (Å²) in [5, 5.41) is 3.19. The fourth-order valence-corrected chi connectivity index (χ4v) is 3.65. The molecule has 0 fully saturated rings. The lowest BCUT2D eigenvalue weighted by atomic mass is 9.83. The smallest absolute Gasteiger partial charge is 0.261 e. The number of nitrogens with one attached hydrogen (secondary N) is 1. The van der Waals surface area contributed by atoms with Gasteiger partial charge in [0.15, 0.2) is 6.10 Å². The second-order valence-electron chi connectivity index (χ2n) is 7.32. The van der Waals surface area contributed by atoms with Gasteiger partial charge in [0.1, 0.15) is 17.1 Å². The minimum Gasteiger partial charge on any atom is -0.487 e. The van der Waals surface area contributed by atoms with E-state index in [1.807, 2.05) is 55.5 Å². The molecule has 1 aliphatic heterocycles.